The van der Waals surface area contributed by atoms with Gasteiger partial charge < -0.3 is 10.3 Å². The Morgan fingerprint density at radius 3 is 2.36 bits per heavy atom. The van der Waals surface area contributed by atoms with Gasteiger partial charge in [0, 0.05) is 17.9 Å². The second-order valence-corrected chi connectivity index (χ2v) is 6.43. The fraction of sp³-hybridized carbons (Fsp3) is 0.150. The van der Waals surface area contributed by atoms with Crippen LogP contribution in [-0.4, -0.2) is 15.9 Å². The molecule has 2 heterocycles. The molecule has 0 bridgehead atoms. The molecule has 0 spiro atoms. The normalized spacial score (nSPS) is 16.4. The van der Waals surface area contributed by atoms with Gasteiger partial charge in [0.1, 0.15) is 11.6 Å². The van der Waals surface area contributed by atoms with Crippen molar-refractivity contribution in [3.8, 4) is 11.4 Å². The van der Waals surface area contributed by atoms with E-state index in [1.165, 1.54) is 18.2 Å². The second kappa shape index (κ2) is 6.63. The Bertz CT molecular complexity index is 1110. The van der Waals surface area contributed by atoms with E-state index in [9.17, 15) is 22.8 Å². The van der Waals surface area contributed by atoms with Crippen molar-refractivity contribution in [3.05, 3.63) is 81.6 Å². The Balaban J connectivity index is 1.90. The quantitative estimate of drug-likeness (QED) is 0.702. The van der Waals surface area contributed by atoms with Gasteiger partial charge in [-0.15, -0.1) is 0 Å². The lowest BCUT2D eigenvalue weighted by molar-refractivity contribution is -0.138. The number of anilines is 1. The molecule has 4 rings (SSSR count). The Hall–Kier alpha value is -3.42. The zero-order valence-electron chi connectivity index (χ0n) is 14.4. The molecule has 2 aromatic carbocycles. The molecule has 0 saturated heterocycles. The van der Waals surface area contributed by atoms with E-state index in [1.54, 1.807) is 30.3 Å². The minimum Gasteiger partial charge on any atom is -0.310 e. The summed E-state index contributed by atoms with van der Waals surface area (Å²) in [6, 6.07) is 13.7. The Morgan fingerprint density at radius 2 is 1.64 bits per heavy atom. The van der Waals surface area contributed by atoms with E-state index < -0.39 is 29.1 Å². The molecule has 1 amide bonds. The van der Waals surface area contributed by atoms with Crippen LogP contribution in [0.1, 0.15) is 29.0 Å². The molecule has 1 aliphatic rings. The topological polar surface area (TPSA) is 74.8 Å². The monoisotopic (exact) mass is 385 g/mol. The first-order valence-corrected chi connectivity index (χ1v) is 8.50. The number of fused-ring (bicyclic) bond motifs is 1. The van der Waals surface area contributed by atoms with Gasteiger partial charge in [-0.2, -0.15) is 13.2 Å². The van der Waals surface area contributed by atoms with Crippen molar-refractivity contribution in [2.75, 3.05) is 5.32 Å². The van der Waals surface area contributed by atoms with Crippen molar-refractivity contribution < 1.29 is 18.0 Å². The number of carbonyl (C=O) groups is 1. The fourth-order valence-corrected chi connectivity index (χ4v) is 3.43. The predicted octanol–water partition coefficient (Wildman–Crippen LogP) is 3.93. The van der Waals surface area contributed by atoms with Crippen molar-refractivity contribution in [1.29, 1.82) is 0 Å². The zero-order chi connectivity index (χ0) is 19.9. The van der Waals surface area contributed by atoms with Crippen LogP contribution in [0.25, 0.3) is 11.4 Å². The van der Waals surface area contributed by atoms with Crippen LogP contribution >= 0.6 is 0 Å². The Morgan fingerprint density at radius 1 is 0.964 bits per heavy atom. The van der Waals surface area contributed by atoms with Crippen LogP contribution in [-0.2, 0) is 11.0 Å². The average Bonchev–Trinajstić information content (AvgIpc) is 2.67. The number of hydrogen-bond donors (Lipinski definition) is 2. The number of nitrogens with one attached hydrogen (secondary N) is 2. The number of hydrogen-bond acceptors (Lipinski definition) is 3. The Kier molecular flexibility index (Phi) is 4.26. The fourth-order valence-electron chi connectivity index (χ4n) is 3.43. The summed E-state index contributed by atoms with van der Waals surface area (Å²) in [7, 11) is 0. The van der Waals surface area contributed by atoms with Crippen molar-refractivity contribution in [2.24, 2.45) is 0 Å². The molecule has 0 radical (unpaired) electrons. The molecular formula is C20H14F3N3O2. The number of aromatic amines is 1. The van der Waals surface area contributed by atoms with Gasteiger partial charge in [0.15, 0.2) is 0 Å². The number of amides is 1. The summed E-state index contributed by atoms with van der Waals surface area (Å²) in [5.41, 5.74) is -0.922. The van der Waals surface area contributed by atoms with Crippen LogP contribution in [0, 0.1) is 0 Å². The van der Waals surface area contributed by atoms with Gasteiger partial charge in [0.2, 0.25) is 5.91 Å². The van der Waals surface area contributed by atoms with E-state index in [0.29, 0.717) is 5.56 Å². The lowest BCUT2D eigenvalue weighted by atomic mass is 9.84. The summed E-state index contributed by atoms with van der Waals surface area (Å²) >= 11 is 0. The van der Waals surface area contributed by atoms with Gasteiger partial charge >= 0.3 is 6.18 Å². The van der Waals surface area contributed by atoms with E-state index in [1.807, 2.05) is 0 Å². The molecular weight excluding hydrogens is 371 g/mol. The largest absolute Gasteiger partial charge is 0.416 e. The van der Waals surface area contributed by atoms with Crippen LogP contribution in [0.3, 0.4) is 0 Å². The molecule has 1 aromatic heterocycles. The summed E-state index contributed by atoms with van der Waals surface area (Å²) < 4.78 is 40.4. The zero-order valence-corrected chi connectivity index (χ0v) is 14.4. The number of nitrogens with zero attached hydrogens (tertiary/aromatic N) is 1. The highest BCUT2D eigenvalue weighted by Gasteiger charge is 2.39. The number of benzene rings is 2. The lowest BCUT2D eigenvalue weighted by Gasteiger charge is -2.26. The van der Waals surface area contributed by atoms with Gasteiger partial charge in [-0.05, 0) is 11.6 Å². The first kappa shape index (κ1) is 18.0. The van der Waals surface area contributed by atoms with Gasteiger partial charge in [-0.1, -0.05) is 48.5 Å². The number of aromatic nitrogens is 2. The number of halogens is 3. The molecule has 3 aromatic rings. The van der Waals surface area contributed by atoms with Gasteiger partial charge in [0.25, 0.3) is 5.56 Å². The first-order chi connectivity index (χ1) is 13.3. The molecule has 5 nitrogen and oxygen atoms in total. The summed E-state index contributed by atoms with van der Waals surface area (Å²) in [4.78, 5) is 31.9. The third-order valence-corrected chi connectivity index (χ3v) is 4.64. The van der Waals surface area contributed by atoms with Gasteiger partial charge in [-0.25, -0.2) is 4.98 Å². The molecule has 28 heavy (non-hydrogen) atoms. The highest BCUT2D eigenvalue weighted by Crippen LogP contribution is 2.41. The van der Waals surface area contributed by atoms with E-state index in [-0.39, 0.29) is 29.2 Å². The minimum absolute atomic E-state index is 0.0131. The van der Waals surface area contributed by atoms with Crippen molar-refractivity contribution >= 4 is 11.7 Å². The minimum atomic E-state index is -4.60. The maximum atomic E-state index is 13.5. The molecule has 142 valence electrons. The molecule has 1 atom stereocenters. The molecule has 2 N–H and O–H groups in total. The average molecular weight is 385 g/mol. The van der Waals surface area contributed by atoms with Crippen molar-refractivity contribution in [3.63, 3.8) is 0 Å². The number of alkyl halides is 3. The number of carbonyl (C=O) groups excluding carboxylic acids is 1. The molecule has 0 fully saturated rings. The molecule has 1 unspecified atom stereocenters. The highest BCUT2D eigenvalue weighted by atomic mass is 19.4. The van der Waals surface area contributed by atoms with Gasteiger partial charge in [-0.3, -0.25) is 9.59 Å². The molecule has 0 saturated carbocycles. The number of rotatable bonds is 2. The van der Waals surface area contributed by atoms with E-state index >= 15 is 0 Å². The third kappa shape index (κ3) is 3.17. The maximum absolute atomic E-state index is 13.5. The second-order valence-electron chi connectivity index (χ2n) is 6.43. The smallest absolute Gasteiger partial charge is 0.310 e. The third-order valence-electron chi connectivity index (χ3n) is 4.64. The van der Waals surface area contributed by atoms with Crippen LogP contribution in [0.5, 0.6) is 0 Å². The summed E-state index contributed by atoms with van der Waals surface area (Å²) in [5, 5.41) is 2.52. The van der Waals surface area contributed by atoms with Crippen molar-refractivity contribution in [2.45, 2.75) is 18.5 Å². The van der Waals surface area contributed by atoms with Crippen LogP contribution in [0.15, 0.2) is 59.4 Å². The van der Waals surface area contributed by atoms with Gasteiger partial charge in [0.05, 0.1) is 11.1 Å². The Labute approximate surface area is 157 Å². The van der Waals surface area contributed by atoms with Crippen LogP contribution < -0.4 is 10.9 Å². The highest BCUT2D eigenvalue weighted by molar-refractivity contribution is 5.94. The van der Waals surface area contributed by atoms with E-state index in [4.69, 9.17) is 0 Å². The SMILES string of the molecule is O=C1CC(c2ccccc2C(F)(F)F)c2c(nc(-c3ccccc3)[nH]c2=O)N1. The summed E-state index contributed by atoms with van der Waals surface area (Å²) in [6.07, 6.45) is -4.87. The first-order valence-electron chi connectivity index (χ1n) is 8.50. The predicted molar refractivity (Wildman–Crippen MR) is 96.8 cm³/mol. The van der Waals surface area contributed by atoms with E-state index in [0.717, 1.165) is 6.07 Å². The molecule has 8 heteroatoms. The standard InChI is InChI=1S/C20H14F3N3O2/c21-20(22,23)14-9-5-4-8-12(14)13-10-15(27)24-18-16(13)19(28)26-17(25-18)11-6-2-1-3-7-11/h1-9,13H,10H2,(H2,24,25,26,27,28). The lowest BCUT2D eigenvalue weighted by Crippen LogP contribution is -2.32. The van der Waals surface area contributed by atoms with Crippen LogP contribution in [0.2, 0.25) is 0 Å². The van der Waals surface area contributed by atoms with E-state index in [2.05, 4.69) is 15.3 Å². The van der Waals surface area contributed by atoms with Crippen LogP contribution in [0.4, 0.5) is 19.0 Å². The maximum Gasteiger partial charge on any atom is 0.416 e. The molecule has 0 aliphatic carbocycles. The molecule has 1 aliphatic heterocycles. The summed E-state index contributed by atoms with van der Waals surface area (Å²) in [5.74, 6) is -1.32. The summed E-state index contributed by atoms with van der Waals surface area (Å²) in [6.45, 7) is 0. The number of H-pyrrole nitrogens is 1. The van der Waals surface area contributed by atoms with Crippen molar-refractivity contribution in [1.82, 2.24) is 9.97 Å².